The Labute approximate surface area is 316 Å². The van der Waals surface area contributed by atoms with Crippen molar-refractivity contribution >= 4 is 82.5 Å². The summed E-state index contributed by atoms with van der Waals surface area (Å²) < 4.78 is 25.9. The summed E-state index contributed by atoms with van der Waals surface area (Å²) in [6.07, 6.45) is 0.946. The summed E-state index contributed by atoms with van der Waals surface area (Å²) in [5.41, 5.74) is -1.64. The average molecular weight is 792 g/mol. The molecule has 3 amide bonds. The molecule has 2 atom stereocenters. The number of β-lactam (4-membered cyclic amide) rings is 1. The van der Waals surface area contributed by atoms with E-state index < -0.39 is 82.6 Å². The molecule has 21 heteroatoms. The van der Waals surface area contributed by atoms with Crippen LogP contribution in [0.15, 0.2) is 45.3 Å². The number of carbonyl (C=O) groups excluding carboxylic acids is 8. The molecule has 19 nitrogen and oxygen atoms in total. The van der Waals surface area contributed by atoms with E-state index in [1.54, 1.807) is 20.8 Å². The molecule has 0 radical (unpaired) electrons. The topological polar surface area (TPSA) is 248 Å². The minimum Gasteiger partial charge on any atom is -0.461 e. The number of Topliss-reactive ketones (excluding diaryl/α,β-unsaturated/α-hetero) is 1. The molecule has 2 aliphatic heterocycles. The Bertz CT molecular complexity index is 1950. The summed E-state index contributed by atoms with van der Waals surface area (Å²) in [6, 6.07) is 2.07. The Balaban J connectivity index is 1.58. The first-order valence-electron chi connectivity index (χ1n) is 15.8. The van der Waals surface area contributed by atoms with E-state index in [0.29, 0.717) is 5.57 Å². The first-order chi connectivity index (χ1) is 25.4. The molecule has 1 fully saturated rings. The third kappa shape index (κ3) is 10.4. The molecule has 2 aromatic rings. The second-order valence-corrected chi connectivity index (χ2v) is 13.7. The monoisotopic (exact) mass is 791 g/mol. The highest BCUT2D eigenvalue weighted by Crippen LogP contribution is 2.41. The van der Waals surface area contributed by atoms with E-state index in [4.69, 9.17) is 39.8 Å². The first kappa shape index (κ1) is 41.0. The Kier molecular flexibility index (Phi) is 13.2. The second-order valence-electron chi connectivity index (χ2n) is 12.3. The number of rotatable bonds is 14. The van der Waals surface area contributed by atoms with Crippen molar-refractivity contribution in [2.24, 2.45) is 5.16 Å². The van der Waals surface area contributed by atoms with Gasteiger partial charge in [0.25, 0.3) is 11.8 Å². The van der Waals surface area contributed by atoms with Crippen LogP contribution in [0.3, 0.4) is 0 Å². The highest BCUT2D eigenvalue weighted by Gasteiger charge is 2.55. The molecular formula is C33H34ClN5O14S. The summed E-state index contributed by atoms with van der Waals surface area (Å²) in [5, 5.41) is 7.76. The van der Waals surface area contributed by atoms with Gasteiger partial charge >= 0.3 is 29.9 Å². The number of fused-ring (bicyclic) bond motifs is 1. The van der Waals surface area contributed by atoms with Gasteiger partial charge in [0.15, 0.2) is 23.8 Å². The average Bonchev–Trinajstić information content (AvgIpc) is 3.54. The van der Waals surface area contributed by atoms with E-state index in [0.717, 1.165) is 31.1 Å². The molecule has 288 valence electrons. The van der Waals surface area contributed by atoms with Gasteiger partial charge in [-0.2, -0.15) is 4.98 Å². The summed E-state index contributed by atoms with van der Waals surface area (Å²) in [7, 11) is 0. The van der Waals surface area contributed by atoms with Crippen LogP contribution >= 0.6 is 23.4 Å². The lowest BCUT2D eigenvalue weighted by molar-refractivity contribution is -0.159. The number of aromatic nitrogens is 1. The largest absolute Gasteiger partial charge is 0.461 e. The van der Waals surface area contributed by atoms with Crippen molar-refractivity contribution in [3.8, 4) is 11.5 Å². The van der Waals surface area contributed by atoms with Gasteiger partial charge in [-0.3, -0.25) is 43.8 Å². The Morgan fingerprint density at radius 3 is 2.35 bits per heavy atom. The zero-order chi connectivity index (χ0) is 39.9. The highest BCUT2D eigenvalue weighted by molar-refractivity contribution is 8.00. The third-order valence-corrected chi connectivity index (χ3v) is 8.41. The SMILES string of the molecule is CC(=O)OCC1=C(C(=O)OC(C)(C)C)N2C(=O)[C@H](NC(=O)C(=NOCC(=O)c3ccc(OC(C)=O)c(OC(C)=O)c3)c3coc(NC(=O)CCl)n3)[C@H]2SC1. The van der Waals surface area contributed by atoms with Gasteiger partial charge in [-0.05, 0) is 39.0 Å². The zero-order valence-electron chi connectivity index (χ0n) is 29.6. The number of ether oxygens (including phenoxy) is 4. The lowest BCUT2D eigenvalue weighted by Gasteiger charge is -2.49. The number of esters is 4. The van der Waals surface area contributed by atoms with Crippen molar-refractivity contribution < 1.29 is 66.6 Å². The summed E-state index contributed by atoms with van der Waals surface area (Å²) in [4.78, 5) is 110. The fraction of sp³-hybridized carbons (Fsp3) is 0.394. The lowest BCUT2D eigenvalue weighted by atomic mass is 10.0. The van der Waals surface area contributed by atoms with Crippen LogP contribution in [-0.2, 0) is 47.9 Å². The molecular weight excluding hydrogens is 758 g/mol. The molecule has 3 heterocycles. The normalized spacial score (nSPS) is 16.7. The maximum Gasteiger partial charge on any atom is 0.355 e. The number of hydrogen-bond acceptors (Lipinski definition) is 17. The minimum absolute atomic E-state index is 0.0488. The van der Waals surface area contributed by atoms with Crippen LogP contribution in [0.4, 0.5) is 6.01 Å². The predicted molar refractivity (Wildman–Crippen MR) is 186 cm³/mol. The quantitative estimate of drug-likeness (QED) is 0.0527. The van der Waals surface area contributed by atoms with Crippen molar-refractivity contribution in [3.05, 3.63) is 47.0 Å². The number of ketones is 1. The summed E-state index contributed by atoms with van der Waals surface area (Å²) >= 11 is 6.71. The number of oxazole rings is 1. The van der Waals surface area contributed by atoms with Gasteiger partial charge in [0.2, 0.25) is 11.7 Å². The molecule has 0 bridgehead atoms. The number of anilines is 1. The van der Waals surface area contributed by atoms with Gasteiger partial charge in [0, 0.05) is 37.7 Å². The van der Waals surface area contributed by atoms with Gasteiger partial charge in [-0.15, -0.1) is 23.4 Å². The molecule has 1 aromatic heterocycles. The van der Waals surface area contributed by atoms with Gasteiger partial charge < -0.3 is 33.5 Å². The smallest absolute Gasteiger partial charge is 0.355 e. The second kappa shape index (κ2) is 17.4. The van der Waals surface area contributed by atoms with Crippen LogP contribution in [0.1, 0.15) is 57.6 Å². The molecule has 1 saturated heterocycles. The number of amides is 3. The van der Waals surface area contributed by atoms with Crippen LogP contribution < -0.4 is 20.1 Å². The van der Waals surface area contributed by atoms with Crippen molar-refractivity contribution in [2.75, 3.05) is 30.2 Å². The Morgan fingerprint density at radius 2 is 1.72 bits per heavy atom. The number of halogens is 1. The number of thioether (sulfide) groups is 1. The Morgan fingerprint density at radius 1 is 1.04 bits per heavy atom. The number of benzene rings is 1. The van der Waals surface area contributed by atoms with Crippen LogP contribution in [0.25, 0.3) is 0 Å². The number of nitrogens with zero attached hydrogens (tertiary/aromatic N) is 3. The number of carbonyl (C=O) groups is 8. The number of oxime groups is 1. The first-order valence-corrected chi connectivity index (χ1v) is 17.4. The fourth-order valence-corrected chi connectivity index (χ4v) is 6.09. The standard InChI is InChI=1S/C33H34ClN5O14S/c1-15(40)48-11-19-14-54-30-26(29(46)39(30)27(19)31(47)53-33(4,5)6)37-28(45)25(20-12-49-32(35-20)36-24(44)10-34)38-50-13-21(43)18-7-8-22(51-16(2)41)23(9-18)52-17(3)42/h7-9,12,26,30H,10-11,13-14H2,1-6H3,(H,37,45)(H,35,36,44)/t26-,30+/m0/s1. The zero-order valence-corrected chi connectivity index (χ0v) is 31.2. The van der Waals surface area contributed by atoms with Crippen molar-refractivity contribution in [1.29, 1.82) is 0 Å². The van der Waals surface area contributed by atoms with Gasteiger partial charge in [-0.1, -0.05) is 5.16 Å². The molecule has 54 heavy (non-hydrogen) atoms. The van der Waals surface area contributed by atoms with E-state index in [9.17, 15) is 38.4 Å². The molecule has 1 aromatic carbocycles. The van der Waals surface area contributed by atoms with E-state index in [1.807, 2.05) is 0 Å². The number of hydrogen-bond donors (Lipinski definition) is 2. The van der Waals surface area contributed by atoms with Crippen LogP contribution in [0.5, 0.6) is 11.5 Å². The van der Waals surface area contributed by atoms with E-state index >= 15 is 0 Å². The van der Waals surface area contributed by atoms with Gasteiger partial charge in [0.05, 0.1) is 0 Å². The molecule has 0 saturated carbocycles. The number of nitrogens with one attached hydrogen (secondary N) is 2. The minimum atomic E-state index is -1.21. The van der Waals surface area contributed by atoms with Crippen molar-refractivity contribution in [3.63, 3.8) is 0 Å². The van der Waals surface area contributed by atoms with Crippen molar-refractivity contribution in [2.45, 2.75) is 58.6 Å². The lowest BCUT2D eigenvalue weighted by Crippen LogP contribution is -2.71. The third-order valence-electron chi connectivity index (χ3n) is 6.83. The molecule has 0 unspecified atom stereocenters. The Hall–Kier alpha value is -5.76. The van der Waals surface area contributed by atoms with Crippen LogP contribution in [0.2, 0.25) is 0 Å². The predicted octanol–water partition coefficient (Wildman–Crippen LogP) is 1.86. The summed E-state index contributed by atoms with van der Waals surface area (Å²) in [5.74, 6) is -6.65. The maximum atomic E-state index is 13.7. The molecule has 2 aliphatic rings. The molecule has 2 N–H and O–H groups in total. The molecule has 4 rings (SSSR count). The van der Waals surface area contributed by atoms with E-state index in [2.05, 4.69) is 20.8 Å². The van der Waals surface area contributed by atoms with Gasteiger partial charge in [0.1, 0.15) is 47.2 Å². The van der Waals surface area contributed by atoms with Gasteiger partial charge in [-0.25, -0.2) is 4.79 Å². The maximum absolute atomic E-state index is 13.7. The number of alkyl halides is 1. The summed E-state index contributed by atoms with van der Waals surface area (Å²) in [6.45, 7) is 7.31. The van der Waals surface area contributed by atoms with Crippen LogP contribution in [-0.4, -0.2) is 105 Å². The van der Waals surface area contributed by atoms with E-state index in [1.165, 1.54) is 30.8 Å². The molecule has 0 spiro atoms. The van der Waals surface area contributed by atoms with Crippen LogP contribution in [0, 0.1) is 0 Å². The highest BCUT2D eigenvalue weighted by atomic mass is 35.5. The fourth-order valence-electron chi connectivity index (χ4n) is 4.70. The molecule has 0 aliphatic carbocycles. The van der Waals surface area contributed by atoms with Crippen molar-refractivity contribution in [1.82, 2.24) is 15.2 Å². The van der Waals surface area contributed by atoms with E-state index in [-0.39, 0.29) is 46.8 Å².